The second-order valence-electron chi connectivity index (χ2n) is 7.93. The number of benzene rings is 3. The van der Waals surface area contributed by atoms with E-state index < -0.39 is 24.0 Å². The molecule has 1 N–H and O–H groups in total. The zero-order valence-electron chi connectivity index (χ0n) is 18.0. The zero-order valence-corrected chi connectivity index (χ0v) is 20.4. The molecule has 0 aromatic heterocycles. The van der Waals surface area contributed by atoms with E-state index in [9.17, 15) is 14.7 Å². The van der Waals surface area contributed by atoms with E-state index in [1.807, 2.05) is 37.3 Å². The van der Waals surface area contributed by atoms with E-state index in [1.165, 1.54) is 0 Å². The Morgan fingerprint density at radius 3 is 2.47 bits per heavy atom. The molecule has 2 heterocycles. The maximum absolute atomic E-state index is 13.7. The molecule has 0 radical (unpaired) electrons. The number of halogens is 2. The molecule has 2 aliphatic rings. The Hall–Kier alpha value is -3.07. The summed E-state index contributed by atoms with van der Waals surface area (Å²) in [5.41, 5.74) is 1.74. The summed E-state index contributed by atoms with van der Waals surface area (Å²) in [6.45, 7) is 2.16. The lowest BCUT2D eigenvalue weighted by Crippen LogP contribution is -2.37. The minimum absolute atomic E-state index is 0.0401. The number of hydrogen-bond donors (Lipinski definition) is 1. The van der Waals surface area contributed by atoms with Crippen LogP contribution in [0.4, 0.5) is 11.4 Å². The van der Waals surface area contributed by atoms with Crippen LogP contribution in [0.15, 0.2) is 71.2 Å². The maximum Gasteiger partial charge on any atom is 0.266 e. The molecular weight excluding hydrogens is 524 g/mol. The number of aromatic hydroxyl groups is 1. The van der Waals surface area contributed by atoms with E-state index in [0.29, 0.717) is 33.0 Å². The van der Waals surface area contributed by atoms with Gasteiger partial charge in [-0.2, -0.15) is 0 Å². The van der Waals surface area contributed by atoms with Crippen LogP contribution in [-0.2, 0) is 14.4 Å². The molecule has 3 atom stereocenters. The van der Waals surface area contributed by atoms with Gasteiger partial charge in [0, 0.05) is 5.02 Å². The number of amides is 2. The van der Waals surface area contributed by atoms with Gasteiger partial charge in [-0.25, -0.2) is 9.96 Å². The zero-order chi connectivity index (χ0) is 24.0. The van der Waals surface area contributed by atoms with Crippen LogP contribution < -0.4 is 14.7 Å². The van der Waals surface area contributed by atoms with E-state index in [2.05, 4.69) is 15.9 Å². The van der Waals surface area contributed by atoms with Gasteiger partial charge in [0.05, 0.1) is 28.5 Å². The lowest BCUT2D eigenvalue weighted by Gasteiger charge is -2.29. The molecule has 3 aromatic carbocycles. The normalized spacial score (nSPS) is 21.8. The lowest BCUT2D eigenvalue weighted by molar-refractivity contribution is -0.126. The smallest absolute Gasteiger partial charge is 0.266 e. The van der Waals surface area contributed by atoms with E-state index in [-0.39, 0.29) is 17.4 Å². The Morgan fingerprint density at radius 2 is 1.76 bits per heavy atom. The van der Waals surface area contributed by atoms with Crippen LogP contribution in [0.2, 0.25) is 5.02 Å². The Balaban J connectivity index is 1.63. The predicted octanol–water partition coefficient (Wildman–Crippen LogP) is 5.26. The average molecular weight is 544 g/mol. The number of hydrogen-bond acceptors (Lipinski definition) is 6. The lowest BCUT2D eigenvalue weighted by atomic mass is 9.90. The van der Waals surface area contributed by atoms with Gasteiger partial charge in [-0.05, 0) is 70.9 Å². The van der Waals surface area contributed by atoms with Gasteiger partial charge in [0.1, 0.15) is 5.92 Å². The second-order valence-corrected chi connectivity index (χ2v) is 9.22. The molecule has 3 unspecified atom stereocenters. The van der Waals surface area contributed by atoms with Crippen molar-refractivity contribution in [3.8, 4) is 11.5 Å². The molecule has 2 saturated heterocycles. The quantitative estimate of drug-likeness (QED) is 0.443. The highest BCUT2D eigenvalue weighted by atomic mass is 79.9. The standard InChI is InChI=1S/C25H20BrClN2O5/c1-2-33-19-12-14(11-18(26)22(19)30)21-20-23(34-29(21)16-8-4-3-5-9-16)25(32)28(24(20)31)17-10-6-7-15(27)13-17/h3-13,20-21,23,30H,2H2,1H3. The molecule has 9 heteroatoms. The van der Waals surface area contributed by atoms with Gasteiger partial charge in [0.2, 0.25) is 5.91 Å². The molecule has 0 bridgehead atoms. The molecule has 2 aliphatic heterocycles. The summed E-state index contributed by atoms with van der Waals surface area (Å²) in [4.78, 5) is 34.4. The SMILES string of the molecule is CCOc1cc(C2C3C(=O)N(c4cccc(Cl)c4)C(=O)C3ON2c2ccccc2)cc(Br)c1O. The van der Waals surface area contributed by atoms with Crippen molar-refractivity contribution in [2.45, 2.75) is 19.1 Å². The van der Waals surface area contributed by atoms with E-state index in [0.717, 1.165) is 4.90 Å². The summed E-state index contributed by atoms with van der Waals surface area (Å²) >= 11 is 9.49. The summed E-state index contributed by atoms with van der Waals surface area (Å²) in [6, 6.07) is 18.6. The van der Waals surface area contributed by atoms with Gasteiger partial charge in [-0.1, -0.05) is 35.9 Å². The van der Waals surface area contributed by atoms with Crippen molar-refractivity contribution in [1.82, 2.24) is 0 Å². The van der Waals surface area contributed by atoms with Gasteiger partial charge in [-0.3, -0.25) is 14.4 Å². The van der Waals surface area contributed by atoms with Crippen LogP contribution in [0.25, 0.3) is 0 Å². The van der Waals surface area contributed by atoms with Crippen molar-refractivity contribution < 1.29 is 24.3 Å². The average Bonchev–Trinajstić information content (AvgIpc) is 3.33. The number of rotatable bonds is 5. The fourth-order valence-electron chi connectivity index (χ4n) is 4.45. The van der Waals surface area contributed by atoms with Gasteiger partial charge in [0.15, 0.2) is 17.6 Å². The first-order chi connectivity index (χ1) is 16.4. The highest BCUT2D eigenvalue weighted by molar-refractivity contribution is 9.10. The van der Waals surface area contributed by atoms with Crippen molar-refractivity contribution >= 4 is 50.7 Å². The number of ether oxygens (including phenoxy) is 1. The van der Waals surface area contributed by atoms with E-state index in [1.54, 1.807) is 41.5 Å². The Labute approximate surface area is 209 Å². The maximum atomic E-state index is 13.7. The first-order valence-corrected chi connectivity index (χ1v) is 11.9. The molecule has 0 saturated carbocycles. The molecule has 34 heavy (non-hydrogen) atoms. The molecule has 3 aromatic rings. The molecule has 2 fully saturated rings. The molecule has 0 spiro atoms. The second kappa shape index (κ2) is 8.94. The number of nitrogens with zero attached hydrogens (tertiary/aromatic N) is 2. The van der Waals surface area contributed by atoms with Crippen molar-refractivity contribution in [1.29, 1.82) is 0 Å². The molecule has 174 valence electrons. The molecule has 0 aliphatic carbocycles. The van der Waals surface area contributed by atoms with Gasteiger partial charge in [0.25, 0.3) is 5.91 Å². The summed E-state index contributed by atoms with van der Waals surface area (Å²) in [5.74, 6) is -1.43. The summed E-state index contributed by atoms with van der Waals surface area (Å²) < 4.78 is 6.02. The van der Waals surface area contributed by atoms with Crippen LogP contribution in [0, 0.1) is 5.92 Å². The number of phenolic OH excluding ortho intramolecular Hbond substituents is 1. The van der Waals surface area contributed by atoms with Crippen LogP contribution in [0.3, 0.4) is 0 Å². The van der Waals surface area contributed by atoms with E-state index in [4.69, 9.17) is 21.2 Å². The first kappa shape index (κ1) is 22.7. The third-order valence-electron chi connectivity index (χ3n) is 5.88. The van der Waals surface area contributed by atoms with Crippen molar-refractivity contribution in [3.63, 3.8) is 0 Å². The minimum atomic E-state index is -1.01. The van der Waals surface area contributed by atoms with Gasteiger partial charge < -0.3 is 9.84 Å². The van der Waals surface area contributed by atoms with Crippen LogP contribution >= 0.6 is 27.5 Å². The van der Waals surface area contributed by atoms with Gasteiger partial charge in [-0.15, -0.1) is 0 Å². The van der Waals surface area contributed by atoms with Gasteiger partial charge >= 0.3 is 0 Å². The predicted molar refractivity (Wildman–Crippen MR) is 131 cm³/mol. The number of imide groups is 1. The number of phenols is 1. The summed E-state index contributed by atoms with van der Waals surface area (Å²) in [5, 5.41) is 12.4. The Bertz CT molecular complexity index is 1270. The van der Waals surface area contributed by atoms with Crippen LogP contribution in [-0.4, -0.2) is 29.6 Å². The monoisotopic (exact) mass is 542 g/mol. The largest absolute Gasteiger partial charge is 0.503 e. The highest BCUT2D eigenvalue weighted by Crippen LogP contribution is 2.49. The number of carbonyl (C=O) groups is 2. The third-order valence-corrected chi connectivity index (χ3v) is 6.72. The Kier molecular flexibility index (Phi) is 5.97. The topological polar surface area (TPSA) is 79.3 Å². The first-order valence-electron chi connectivity index (χ1n) is 10.7. The fraction of sp³-hybridized carbons (Fsp3) is 0.200. The summed E-state index contributed by atoms with van der Waals surface area (Å²) in [6.07, 6.45) is -1.01. The molecule has 7 nitrogen and oxygen atoms in total. The van der Waals surface area contributed by atoms with Crippen molar-refractivity contribution in [2.24, 2.45) is 5.92 Å². The third kappa shape index (κ3) is 3.72. The molecule has 5 rings (SSSR count). The highest BCUT2D eigenvalue weighted by Gasteiger charge is 2.60. The van der Waals surface area contributed by atoms with Crippen LogP contribution in [0.1, 0.15) is 18.5 Å². The van der Waals surface area contributed by atoms with Crippen LogP contribution in [0.5, 0.6) is 11.5 Å². The number of anilines is 2. The molecule has 2 amide bonds. The number of hydroxylamine groups is 1. The van der Waals surface area contributed by atoms with E-state index >= 15 is 0 Å². The van der Waals surface area contributed by atoms with Crippen molar-refractivity contribution in [3.05, 3.63) is 81.8 Å². The number of fused-ring (bicyclic) bond motifs is 1. The minimum Gasteiger partial charge on any atom is -0.503 e. The fourth-order valence-corrected chi connectivity index (χ4v) is 5.10. The summed E-state index contributed by atoms with van der Waals surface area (Å²) in [7, 11) is 0. The van der Waals surface area contributed by atoms with Crippen molar-refractivity contribution in [2.75, 3.05) is 16.6 Å². The Morgan fingerprint density at radius 1 is 1.03 bits per heavy atom. The number of carbonyl (C=O) groups excluding carboxylic acids is 2. The molecular formula is C25H20BrClN2O5. The number of para-hydroxylation sites is 1.